The molecule has 2 N–H and O–H groups in total. The van der Waals surface area contributed by atoms with Crippen LogP contribution in [0.5, 0.6) is 5.75 Å². The predicted molar refractivity (Wildman–Crippen MR) is 71.4 cm³/mol. The van der Waals surface area contributed by atoms with Crippen molar-refractivity contribution in [1.29, 1.82) is 5.26 Å². The average Bonchev–Trinajstić information content (AvgIpc) is 2.38. The Labute approximate surface area is 110 Å². The van der Waals surface area contributed by atoms with Crippen LogP contribution in [0, 0.1) is 11.3 Å². The van der Waals surface area contributed by atoms with E-state index in [-0.39, 0.29) is 0 Å². The van der Waals surface area contributed by atoms with Crippen molar-refractivity contribution in [1.82, 2.24) is 0 Å². The van der Waals surface area contributed by atoms with E-state index >= 15 is 0 Å². The summed E-state index contributed by atoms with van der Waals surface area (Å²) in [5.41, 5.74) is 7.54. The Balaban J connectivity index is 2.14. The number of benzene rings is 2. The summed E-state index contributed by atoms with van der Waals surface area (Å²) in [6.07, 6.45) is 0. The first-order valence-electron chi connectivity index (χ1n) is 5.36. The molecule has 0 unspecified atom stereocenters. The number of anilines is 1. The van der Waals surface area contributed by atoms with Crippen LogP contribution in [0.15, 0.2) is 42.5 Å². The number of hydrogen-bond acceptors (Lipinski definition) is 3. The highest BCUT2D eigenvalue weighted by Gasteiger charge is 2.05. The number of nitriles is 1. The van der Waals surface area contributed by atoms with Crippen molar-refractivity contribution in [3.8, 4) is 11.8 Å². The molecule has 0 atom stereocenters. The third kappa shape index (κ3) is 2.73. The minimum absolute atomic E-state index is 0.361. The fraction of sp³-hybridized carbons (Fsp3) is 0.0714. The lowest BCUT2D eigenvalue weighted by atomic mass is 10.2. The molecule has 90 valence electrons. The van der Waals surface area contributed by atoms with Gasteiger partial charge >= 0.3 is 0 Å². The first-order chi connectivity index (χ1) is 8.70. The molecule has 4 heteroatoms. The molecule has 18 heavy (non-hydrogen) atoms. The number of nitrogens with zero attached hydrogens (tertiary/aromatic N) is 1. The summed E-state index contributed by atoms with van der Waals surface area (Å²) in [6.45, 7) is 0.361. The molecule has 2 rings (SSSR count). The van der Waals surface area contributed by atoms with E-state index in [0.717, 1.165) is 5.56 Å². The maximum Gasteiger partial charge on any atom is 0.144 e. The molecule has 0 aromatic heterocycles. The molecule has 0 saturated heterocycles. The van der Waals surface area contributed by atoms with Crippen molar-refractivity contribution in [2.75, 3.05) is 5.73 Å². The summed E-state index contributed by atoms with van der Waals surface area (Å²) >= 11 is 5.88. The molecular formula is C14H11ClN2O. The topological polar surface area (TPSA) is 59.0 Å². The molecule has 2 aromatic rings. The normalized spacial score (nSPS) is 9.78. The first-order valence-corrected chi connectivity index (χ1v) is 5.74. The molecule has 0 spiro atoms. The standard InChI is InChI=1S/C14H11ClN2O/c15-12-5-1-3-10(7-12)9-18-13-6-2-4-11(8-16)14(13)17/h1-7H,9,17H2. The maximum atomic E-state index is 8.86. The number of ether oxygens (including phenoxy) is 1. The molecule has 0 radical (unpaired) electrons. The van der Waals surface area contributed by atoms with Gasteiger partial charge in [-0.3, -0.25) is 0 Å². The van der Waals surface area contributed by atoms with Gasteiger partial charge in [0.05, 0.1) is 11.3 Å². The van der Waals surface area contributed by atoms with Gasteiger partial charge < -0.3 is 10.5 Å². The van der Waals surface area contributed by atoms with E-state index in [2.05, 4.69) is 0 Å². The Bertz CT molecular complexity index is 605. The summed E-state index contributed by atoms with van der Waals surface area (Å²) in [4.78, 5) is 0. The largest absolute Gasteiger partial charge is 0.487 e. The Morgan fingerprint density at radius 2 is 2.00 bits per heavy atom. The summed E-state index contributed by atoms with van der Waals surface area (Å²) in [5.74, 6) is 0.508. The fourth-order valence-corrected chi connectivity index (χ4v) is 1.77. The summed E-state index contributed by atoms with van der Waals surface area (Å²) in [7, 11) is 0. The van der Waals surface area contributed by atoms with Gasteiger partial charge in [0, 0.05) is 5.02 Å². The van der Waals surface area contributed by atoms with Crippen molar-refractivity contribution in [2.45, 2.75) is 6.61 Å². The van der Waals surface area contributed by atoms with Gasteiger partial charge in [-0.2, -0.15) is 5.26 Å². The predicted octanol–water partition coefficient (Wildman–Crippen LogP) is 3.37. The molecule has 0 aliphatic heterocycles. The zero-order valence-electron chi connectivity index (χ0n) is 9.56. The van der Waals surface area contributed by atoms with Gasteiger partial charge in [0.25, 0.3) is 0 Å². The van der Waals surface area contributed by atoms with Gasteiger partial charge in [-0.15, -0.1) is 0 Å². The van der Waals surface area contributed by atoms with Gasteiger partial charge in [-0.1, -0.05) is 29.8 Å². The van der Waals surface area contributed by atoms with Crippen LogP contribution in [0.25, 0.3) is 0 Å². The van der Waals surface area contributed by atoms with E-state index in [4.69, 9.17) is 27.3 Å². The van der Waals surface area contributed by atoms with Crippen molar-refractivity contribution < 1.29 is 4.74 Å². The van der Waals surface area contributed by atoms with Crippen molar-refractivity contribution in [3.05, 3.63) is 58.6 Å². The van der Waals surface area contributed by atoms with Crippen LogP contribution in [0.3, 0.4) is 0 Å². The minimum atomic E-state index is 0.361. The zero-order valence-corrected chi connectivity index (χ0v) is 10.3. The Kier molecular flexibility index (Phi) is 3.71. The van der Waals surface area contributed by atoms with Crippen LogP contribution in [0.1, 0.15) is 11.1 Å². The monoisotopic (exact) mass is 258 g/mol. The second-order valence-electron chi connectivity index (χ2n) is 3.75. The highest BCUT2D eigenvalue weighted by Crippen LogP contribution is 2.25. The minimum Gasteiger partial charge on any atom is -0.487 e. The van der Waals surface area contributed by atoms with E-state index in [0.29, 0.717) is 28.6 Å². The first kappa shape index (κ1) is 12.3. The fourth-order valence-electron chi connectivity index (χ4n) is 1.56. The number of rotatable bonds is 3. The third-order valence-electron chi connectivity index (χ3n) is 2.47. The highest BCUT2D eigenvalue weighted by molar-refractivity contribution is 6.30. The molecule has 0 bridgehead atoms. The highest BCUT2D eigenvalue weighted by atomic mass is 35.5. The van der Waals surface area contributed by atoms with Gasteiger partial charge in [0.2, 0.25) is 0 Å². The SMILES string of the molecule is N#Cc1cccc(OCc2cccc(Cl)c2)c1N. The van der Waals surface area contributed by atoms with Crippen LogP contribution in [0.2, 0.25) is 5.02 Å². The van der Waals surface area contributed by atoms with E-state index in [1.54, 1.807) is 24.3 Å². The van der Waals surface area contributed by atoms with E-state index in [1.807, 2.05) is 24.3 Å². The molecule has 0 saturated carbocycles. The molecule has 0 amide bonds. The number of halogens is 1. The number of para-hydroxylation sites is 1. The van der Waals surface area contributed by atoms with Gasteiger partial charge in [-0.25, -0.2) is 0 Å². The average molecular weight is 259 g/mol. The Morgan fingerprint density at radius 3 is 2.72 bits per heavy atom. The molecule has 3 nitrogen and oxygen atoms in total. The van der Waals surface area contributed by atoms with Crippen LogP contribution < -0.4 is 10.5 Å². The molecule has 0 heterocycles. The second kappa shape index (κ2) is 5.44. The molecule has 0 fully saturated rings. The smallest absolute Gasteiger partial charge is 0.144 e. The molecular weight excluding hydrogens is 248 g/mol. The number of nitrogen functional groups attached to an aromatic ring is 1. The molecule has 0 aliphatic rings. The summed E-state index contributed by atoms with van der Waals surface area (Å²) in [5, 5.41) is 9.52. The maximum absolute atomic E-state index is 8.86. The van der Waals surface area contributed by atoms with Gasteiger partial charge in [0.15, 0.2) is 0 Å². The summed E-state index contributed by atoms with van der Waals surface area (Å²) < 4.78 is 5.59. The lowest BCUT2D eigenvalue weighted by Gasteiger charge is -2.09. The molecule has 2 aromatic carbocycles. The quantitative estimate of drug-likeness (QED) is 0.859. The van der Waals surface area contributed by atoms with Crippen molar-refractivity contribution in [3.63, 3.8) is 0 Å². The second-order valence-corrected chi connectivity index (χ2v) is 4.18. The van der Waals surface area contributed by atoms with E-state index < -0.39 is 0 Å². The summed E-state index contributed by atoms with van der Waals surface area (Å²) in [6, 6.07) is 14.5. The van der Waals surface area contributed by atoms with Crippen LogP contribution >= 0.6 is 11.6 Å². The number of nitrogens with two attached hydrogens (primary N) is 1. The number of hydrogen-bond donors (Lipinski definition) is 1. The zero-order chi connectivity index (χ0) is 13.0. The van der Waals surface area contributed by atoms with Crippen LogP contribution in [-0.2, 0) is 6.61 Å². The van der Waals surface area contributed by atoms with Crippen LogP contribution in [0.4, 0.5) is 5.69 Å². The van der Waals surface area contributed by atoms with Crippen molar-refractivity contribution in [2.24, 2.45) is 0 Å². The lowest BCUT2D eigenvalue weighted by molar-refractivity contribution is 0.308. The third-order valence-corrected chi connectivity index (χ3v) is 2.71. The van der Waals surface area contributed by atoms with E-state index in [1.165, 1.54) is 0 Å². The van der Waals surface area contributed by atoms with Crippen LogP contribution in [-0.4, -0.2) is 0 Å². The van der Waals surface area contributed by atoms with E-state index in [9.17, 15) is 0 Å². The lowest BCUT2D eigenvalue weighted by Crippen LogP contribution is -2.00. The van der Waals surface area contributed by atoms with Gasteiger partial charge in [-0.05, 0) is 29.8 Å². The molecule has 0 aliphatic carbocycles. The Morgan fingerprint density at radius 1 is 1.22 bits per heavy atom. The van der Waals surface area contributed by atoms with Gasteiger partial charge in [0.1, 0.15) is 18.4 Å². The van der Waals surface area contributed by atoms with Crippen molar-refractivity contribution >= 4 is 17.3 Å². The Hall–Kier alpha value is -2.18.